The lowest BCUT2D eigenvalue weighted by atomic mass is 9.93. The van der Waals surface area contributed by atoms with E-state index in [-0.39, 0.29) is 6.10 Å². The number of rotatable bonds is 2. The van der Waals surface area contributed by atoms with Gasteiger partial charge in [-0.05, 0) is 54.2 Å². The van der Waals surface area contributed by atoms with Crippen molar-refractivity contribution in [3.63, 3.8) is 0 Å². The molecule has 19 heavy (non-hydrogen) atoms. The second kappa shape index (κ2) is 4.96. The molecule has 2 aromatic carbocycles. The van der Waals surface area contributed by atoms with Crippen LogP contribution in [0.25, 0.3) is 0 Å². The Morgan fingerprint density at radius 1 is 1.21 bits per heavy atom. The summed E-state index contributed by atoms with van der Waals surface area (Å²) in [6.45, 7) is 2.17. The molecule has 3 rings (SSSR count). The molecule has 0 radical (unpaired) electrons. The first-order valence-corrected chi connectivity index (χ1v) is 6.84. The molecule has 1 N–H and O–H groups in total. The average molecular weight is 254 g/mol. The molecule has 0 bridgehead atoms. The molecule has 0 aromatic heterocycles. The lowest BCUT2D eigenvalue weighted by Gasteiger charge is -2.27. The zero-order valence-corrected chi connectivity index (χ0v) is 11.1. The Hall–Kier alpha value is -1.96. The molecule has 0 aliphatic carbocycles. The van der Waals surface area contributed by atoms with Crippen molar-refractivity contribution >= 4 is 0 Å². The Bertz CT molecular complexity index is 590. The molecular formula is C17H18O2. The molecular weight excluding hydrogens is 236 g/mol. The van der Waals surface area contributed by atoms with E-state index in [0.29, 0.717) is 5.75 Å². The van der Waals surface area contributed by atoms with Crippen molar-refractivity contribution in [2.45, 2.75) is 32.3 Å². The molecule has 1 heterocycles. The molecule has 1 aliphatic heterocycles. The summed E-state index contributed by atoms with van der Waals surface area (Å²) in [6.07, 6.45) is 3.08. The van der Waals surface area contributed by atoms with Crippen molar-refractivity contribution < 1.29 is 9.84 Å². The smallest absolute Gasteiger partial charge is 0.124 e. The van der Waals surface area contributed by atoms with Crippen LogP contribution in [-0.2, 0) is 12.8 Å². The highest BCUT2D eigenvalue weighted by molar-refractivity contribution is 5.42. The maximum absolute atomic E-state index is 9.50. The summed E-state index contributed by atoms with van der Waals surface area (Å²) in [4.78, 5) is 0. The Kier molecular flexibility index (Phi) is 3.16. The predicted molar refractivity (Wildman–Crippen MR) is 75.6 cm³/mol. The van der Waals surface area contributed by atoms with Gasteiger partial charge < -0.3 is 9.84 Å². The third-order valence-electron chi connectivity index (χ3n) is 3.77. The highest BCUT2D eigenvalue weighted by atomic mass is 16.5. The minimum absolute atomic E-state index is 0.133. The molecule has 0 spiro atoms. The van der Waals surface area contributed by atoms with Crippen LogP contribution in [0.15, 0.2) is 42.5 Å². The van der Waals surface area contributed by atoms with Crippen LogP contribution < -0.4 is 4.74 Å². The van der Waals surface area contributed by atoms with Gasteiger partial charge in [-0.3, -0.25) is 0 Å². The monoisotopic (exact) mass is 254 g/mol. The molecule has 0 saturated heterocycles. The van der Waals surface area contributed by atoms with Gasteiger partial charge in [0.25, 0.3) is 0 Å². The van der Waals surface area contributed by atoms with Gasteiger partial charge >= 0.3 is 0 Å². The zero-order valence-electron chi connectivity index (χ0n) is 11.1. The minimum Gasteiger partial charge on any atom is -0.508 e. The number of aromatic hydroxyl groups is 1. The van der Waals surface area contributed by atoms with Gasteiger partial charge in [-0.1, -0.05) is 31.2 Å². The van der Waals surface area contributed by atoms with Crippen molar-refractivity contribution in [2.24, 2.45) is 0 Å². The van der Waals surface area contributed by atoms with E-state index in [0.717, 1.165) is 30.6 Å². The molecule has 0 amide bonds. The van der Waals surface area contributed by atoms with Crippen LogP contribution >= 0.6 is 0 Å². The van der Waals surface area contributed by atoms with Crippen molar-refractivity contribution in [1.82, 2.24) is 0 Å². The van der Waals surface area contributed by atoms with Gasteiger partial charge in [0.2, 0.25) is 0 Å². The molecule has 0 saturated carbocycles. The van der Waals surface area contributed by atoms with Gasteiger partial charge in [-0.15, -0.1) is 0 Å². The largest absolute Gasteiger partial charge is 0.508 e. The predicted octanol–water partition coefficient (Wildman–Crippen LogP) is 4.02. The maximum Gasteiger partial charge on any atom is 0.124 e. The quantitative estimate of drug-likeness (QED) is 0.877. The summed E-state index contributed by atoms with van der Waals surface area (Å²) >= 11 is 0. The van der Waals surface area contributed by atoms with Gasteiger partial charge in [-0.25, -0.2) is 0 Å². The average Bonchev–Trinajstić information content (AvgIpc) is 2.46. The molecule has 2 heteroatoms. The van der Waals surface area contributed by atoms with Gasteiger partial charge in [0.05, 0.1) is 0 Å². The van der Waals surface area contributed by atoms with E-state index in [1.165, 1.54) is 11.1 Å². The first-order valence-electron chi connectivity index (χ1n) is 6.84. The molecule has 0 fully saturated rings. The topological polar surface area (TPSA) is 29.5 Å². The van der Waals surface area contributed by atoms with Gasteiger partial charge in [0, 0.05) is 0 Å². The zero-order chi connectivity index (χ0) is 13.2. The fraction of sp³-hybridized carbons (Fsp3) is 0.294. The van der Waals surface area contributed by atoms with Crippen molar-refractivity contribution in [1.29, 1.82) is 0 Å². The van der Waals surface area contributed by atoms with Crippen LogP contribution in [0.3, 0.4) is 0 Å². The molecule has 2 nitrogen and oxygen atoms in total. The molecule has 1 aliphatic rings. The van der Waals surface area contributed by atoms with E-state index in [2.05, 4.69) is 31.2 Å². The van der Waals surface area contributed by atoms with Crippen LogP contribution in [0.4, 0.5) is 0 Å². The number of phenolic OH excluding ortho intramolecular Hbond substituents is 1. The number of phenols is 1. The molecule has 1 atom stereocenters. The fourth-order valence-corrected chi connectivity index (χ4v) is 2.76. The lowest BCUT2D eigenvalue weighted by molar-refractivity contribution is 0.175. The lowest BCUT2D eigenvalue weighted by Crippen LogP contribution is -2.16. The van der Waals surface area contributed by atoms with Crippen LogP contribution in [0.1, 0.15) is 36.1 Å². The number of aryl methyl sites for hydroxylation is 2. The van der Waals surface area contributed by atoms with Crippen molar-refractivity contribution in [3.8, 4) is 11.5 Å². The number of benzene rings is 2. The highest BCUT2D eigenvalue weighted by Crippen LogP contribution is 2.37. The van der Waals surface area contributed by atoms with Gasteiger partial charge in [-0.2, -0.15) is 0 Å². The summed E-state index contributed by atoms with van der Waals surface area (Å²) in [5.74, 6) is 1.22. The number of hydrogen-bond donors (Lipinski definition) is 1. The van der Waals surface area contributed by atoms with E-state index in [9.17, 15) is 5.11 Å². The Labute approximate surface area is 113 Å². The normalized spacial score (nSPS) is 17.6. The van der Waals surface area contributed by atoms with Crippen LogP contribution in [0, 0.1) is 0 Å². The Morgan fingerprint density at radius 3 is 2.89 bits per heavy atom. The summed E-state index contributed by atoms with van der Waals surface area (Å²) < 4.78 is 6.10. The minimum atomic E-state index is 0.133. The second-order valence-electron chi connectivity index (χ2n) is 4.99. The van der Waals surface area contributed by atoms with Crippen molar-refractivity contribution in [2.75, 3.05) is 0 Å². The Balaban J connectivity index is 1.91. The highest BCUT2D eigenvalue weighted by Gasteiger charge is 2.22. The molecule has 98 valence electrons. The SMILES string of the molecule is CCc1ccccc1[C@@H]1CCc2cc(O)ccc2O1. The third kappa shape index (κ3) is 2.30. The first kappa shape index (κ1) is 12.1. The van der Waals surface area contributed by atoms with Gasteiger partial charge in [0.15, 0.2) is 0 Å². The summed E-state index contributed by atoms with van der Waals surface area (Å²) in [7, 11) is 0. The van der Waals surface area contributed by atoms with E-state index in [1.807, 2.05) is 6.07 Å². The van der Waals surface area contributed by atoms with Gasteiger partial charge in [0.1, 0.15) is 17.6 Å². The summed E-state index contributed by atoms with van der Waals surface area (Å²) in [6, 6.07) is 13.8. The van der Waals surface area contributed by atoms with Crippen LogP contribution in [0.2, 0.25) is 0 Å². The maximum atomic E-state index is 9.50. The van der Waals surface area contributed by atoms with E-state index < -0.39 is 0 Å². The van der Waals surface area contributed by atoms with E-state index >= 15 is 0 Å². The number of hydrogen-bond acceptors (Lipinski definition) is 2. The molecule has 2 aromatic rings. The molecule has 0 unspecified atom stereocenters. The fourth-order valence-electron chi connectivity index (χ4n) is 2.76. The standard InChI is InChI=1S/C17H18O2/c1-2-12-5-3-4-6-15(12)17-9-7-13-11-14(18)8-10-16(13)19-17/h3-6,8,10-11,17-18H,2,7,9H2,1H3/t17-/m0/s1. The second-order valence-corrected chi connectivity index (χ2v) is 4.99. The Morgan fingerprint density at radius 2 is 2.05 bits per heavy atom. The van der Waals surface area contributed by atoms with E-state index in [1.54, 1.807) is 12.1 Å². The van der Waals surface area contributed by atoms with E-state index in [4.69, 9.17) is 4.74 Å². The summed E-state index contributed by atoms with van der Waals surface area (Å²) in [5.41, 5.74) is 3.75. The van der Waals surface area contributed by atoms with Crippen LogP contribution in [0.5, 0.6) is 11.5 Å². The van der Waals surface area contributed by atoms with Crippen molar-refractivity contribution in [3.05, 3.63) is 59.2 Å². The number of fused-ring (bicyclic) bond motifs is 1. The first-order chi connectivity index (χ1) is 9.28. The summed E-state index contributed by atoms with van der Waals surface area (Å²) in [5, 5.41) is 9.50. The van der Waals surface area contributed by atoms with Crippen LogP contribution in [-0.4, -0.2) is 5.11 Å². The number of ether oxygens (including phenoxy) is 1. The third-order valence-corrected chi connectivity index (χ3v) is 3.77.